The van der Waals surface area contributed by atoms with Crippen LogP contribution in [0.25, 0.3) is 0 Å². The molecule has 0 aromatic rings. The largest absolute Gasteiger partial charge is 0.394 e. The van der Waals surface area contributed by atoms with Gasteiger partial charge in [0, 0.05) is 0 Å². The van der Waals surface area contributed by atoms with Gasteiger partial charge in [0.15, 0.2) is 0 Å². The van der Waals surface area contributed by atoms with E-state index in [2.05, 4.69) is 51.3 Å². The first-order valence-electron chi connectivity index (χ1n) is 18.8. The van der Waals surface area contributed by atoms with E-state index >= 15 is 0 Å². The summed E-state index contributed by atoms with van der Waals surface area (Å²) in [6.45, 7) is 21.9. The summed E-state index contributed by atoms with van der Waals surface area (Å²) in [6, 6.07) is 0. The van der Waals surface area contributed by atoms with Gasteiger partial charge in [-0.05, 0) is 77.8 Å². The molecule has 264 valence electrons. The summed E-state index contributed by atoms with van der Waals surface area (Å²) in [5, 5.41) is 0. The van der Waals surface area contributed by atoms with Crippen molar-refractivity contribution in [3.8, 4) is 0 Å². The van der Waals surface area contributed by atoms with Crippen LogP contribution >= 0.6 is 0 Å². The van der Waals surface area contributed by atoms with Crippen LogP contribution in [-0.4, -0.2) is 66.6 Å². The van der Waals surface area contributed by atoms with Crippen molar-refractivity contribution in [2.24, 2.45) is 0 Å². The molecule has 0 atom stereocenters. The minimum absolute atomic E-state index is 1.35. The van der Waals surface area contributed by atoms with E-state index in [1.165, 1.54) is 193 Å². The number of hydrogen-bond acceptors (Lipinski definition) is 4. The smallest absolute Gasteiger partial charge is 0.303 e. The van der Waals surface area contributed by atoms with Crippen molar-refractivity contribution in [3.05, 3.63) is 0 Å². The lowest BCUT2D eigenvalue weighted by molar-refractivity contribution is 0.255. The van der Waals surface area contributed by atoms with Gasteiger partial charge in [-0.25, -0.2) is 0 Å². The van der Waals surface area contributed by atoms with Crippen LogP contribution in [0, 0.1) is 0 Å². The Labute approximate surface area is 272 Å². The van der Waals surface area contributed by atoms with Crippen molar-refractivity contribution in [2.45, 2.75) is 196 Å². The standard InChI is InChI=1S/2C18H39N.H2O4S/c2*1-4-7-10-13-16-19(17-14-11-8-5-2)18-15-12-9-6-3;1-5(2,3)4/h2*4-18H2,1-3H3;(H2,1,2,3,4). The lowest BCUT2D eigenvalue weighted by Gasteiger charge is -2.22. The Kier molecular flexibility index (Phi) is 43.7. The first-order chi connectivity index (χ1) is 20.7. The van der Waals surface area contributed by atoms with Crippen LogP contribution < -0.4 is 0 Å². The van der Waals surface area contributed by atoms with Crippen LogP contribution in [0.1, 0.15) is 196 Å². The lowest BCUT2D eigenvalue weighted by Crippen LogP contribution is -2.27. The fourth-order valence-electron chi connectivity index (χ4n) is 5.24. The van der Waals surface area contributed by atoms with Gasteiger partial charge in [-0.15, -0.1) is 0 Å². The van der Waals surface area contributed by atoms with Gasteiger partial charge in [0.05, 0.1) is 0 Å². The predicted octanol–water partition coefficient (Wildman–Crippen LogP) is 11.4. The van der Waals surface area contributed by atoms with E-state index < -0.39 is 10.4 Å². The van der Waals surface area contributed by atoms with Crippen molar-refractivity contribution < 1.29 is 17.5 Å². The van der Waals surface area contributed by atoms with Crippen LogP contribution in [0.4, 0.5) is 0 Å². The van der Waals surface area contributed by atoms with Gasteiger partial charge in [0.25, 0.3) is 0 Å². The van der Waals surface area contributed by atoms with Crippen molar-refractivity contribution >= 4 is 10.4 Å². The molecular formula is C36H80N2O4S. The Balaban J connectivity index is -0.000000642. The SMILES string of the molecule is CCCCCCN(CCCCCC)CCCCCC.CCCCCCN(CCCCCC)CCCCCC.O=S(=O)(O)O. The molecular weight excluding hydrogens is 556 g/mol. The quantitative estimate of drug-likeness (QED) is 0.0603. The number of nitrogens with zero attached hydrogens (tertiary/aromatic N) is 2. The van der Waals surface area contributed by atoms with Gasteiger partial charge >= 0.3 is 10.4 Å². The third-order valence-electron chi connectivity index (χ3n) is 7.97. The first kappa shape index (κ1) is 47.2. The van der Waals surface area contributed by atoms with E-state index in [4.69, 9.17) is 17.5 Å². The van der Waals surface area contributed by atoms with Crippen molar-refractivity contribution in [1.29, 1.82) is 0 Å². The minimum atomic E-state index is -4.67. The zero-order chi connectivity index (χ0) is 32.9. The maximum atomic E-state index is 8.74. The predicted molar refractivity (Wildman–Crippen MR) is 192 cm³/mol. The van der Waals surface area contributed by atoms with Gasteiger partial charge in [-0.2, -0.15) is 8.42 Å². The van der Waals surface area contributed by atoms with Gasteiger partial charge < -0.3 is 9.80 Å². The van der Waals surface area contributed by atoms with Crippen LogP contribution in [0.3, 0.4) is 0 Å². The average Bonchev–Trinajstić information content (AvgIpc) is 2.96. The van der Waals surface area contributed by atoms with Gasteiger partial charge in [0.2, 0.25) is 0 Å². The highest BCUT2D eigenvalue weighted by Crippen LogP contribution is 2.09. The molecule has 0 fully saturated rings. The maximum Gasteiger partial charge on any atom is 0.394 e. The molecule has 0 spiro atoms. The molecule has 0 amide bonds. The molecule has 0 unspecified atom stereocenters. The normalized spacial score (nSPS) is 11.4. The summed E-state index contributed by atoms with van der Waals surface area (Å²) < 4.78 is 31.6. The zero-order valence-electron chi connectivity index (χ0n) is 30.2. The third kappa shape index (κ3) is 51.7. The number of rotatable bonds is 30. The number of unbranched alkanes of at least 4 members (excludes halogenated alkanes) is 18. The first-order valence-corrected chi connectivity index (χ1v) is 20.2. The summed E-state index contributed by atoms with van der Waals surface area (Å²) in [5.74, 6) is 0. The second-order valence-corrected chi connectivity index (χ2v) is 13.4. The van der Waals surface area contributed by atoms with E-state index in [0.29, 0.717) is 0 Å². The Bertz CT molecular complexity index is 489. The molecule has 0 saturated heterocycles. The average molecular weight is 637 g/mol. The molecule has 0 bridgehead atoms. The minimum Gasteiger partial charge on any atom is -0.303 e. The second kappa shape index (κ2) is 39.8. The van der Waals surface area contributed by atoms with Crippen molar-refractivity contribution in [1.82, 2.24) is 9.80 Å². The molecule has 2 N–H and O–H groups in total. The fourth-order valence-corrected chi connectivity index (χ4v) is 5.24. The molecule has 0 aromatic carbocycles. The molecule has 0 aliphatic heterocycles. The molecule has 0 aliphatic rings. The Hall–Kier alpha value is -0.210. The molecule has 7 heteroatoms. The van der Waals surface area contributed by atoms with E-state index in [1.54, 1.807) is 0 Å². The second-order valence-electron chi connectivity index (χ2n) is 12.5. The number of hydrogen-bond donors (Lipinski definition) is 2. The monoisotopic (exact) mass is 637 g/mol. The highest BCUT2D eigenvalue weighted by molar-refractivity contribution is 7.79. The third-order valence-corrected chi connectivity index (χ3v) is 7.97. The van der Waals surface area contributed by atoms with Crippen LogP contribution in [0.5, 0.6) is 0 Å². The zero-order valence-corrected chi connectivity index (χ0v) is 31.0. The highest BCUT2D eigenvalue weighted by atomic mass is 32.3. The molecule has 0 saturated carbocycles. The topological polar surface area (TPSA) is 81.1 Å². The molecule has 43 heavy (non-hydrogen) atoms. The summed E-state index contributed by atoms with van der Waals surface area (Å²) >= 11 is 0. The van der Waals surface area contributed by atoms with Crippen molar-refractivity contribution in [2.75, 3.05) is 39.3 Å². The molecule has 0 radical (unpaired) electrons. The fraction of sp³-hybridized carbons (Fsp3) is 1.00. The van der Waals surface area contributed by atoms with E-state index in [1.807, 2.05) is 0 Å². The van der Waals surface area contributed by atoms with E-state index in [0.717, 1.165) is 0 Å². The van der Waals surface area contributed by atoms with E-state index in [9.17, 15) is 0 Å². The maximum absolute atomic E-state index is 8.74. The van der Waals surface area contributed by atoms with Gasteiger partial charge in [-0.3, -0.25) is 9.11 Å². The lowest BCUT2D eigenvalue weighted by atomic mass is 10.1. The van der Waals surface area contributed by atoms with Crippen LogP contribution in [0.15, 0.2) is 0 Å². The summed E-state index contributed by atoms with van der Waals surface area (Å²) in [4.78, 5) is 5.47. The summed E-state index contributed by atoms with van der Waals surface area (Å²) in [5.41, 5.74) is 0. The van der Waals surface area contributed by atoms with Gasteiger partial charge in [-0.1, -0.05) is 157 Å². The Morgan fingerprint density at radius 2 is 0.465 bits per heavy atom. The molecule has 0 rings (SSSR count). The molecule has 0 heterocycles. The summed E-state index contributed by atoms with van der Waals surface area (Å²) in [7, 11) is -4.67. The summed E-state index contributed by atoms with van der Waals surface area (Å²) in [6.07, 6.45) is 33.7. The van der Waals surface area contributed by atoms with Gasteiger partial charge in [0.1, 0.15) is 0 Å². The van der Waals surface area contributed by atoms with Crippen LogP contribution in [-0.2, 0) is 10.4 Å². The molecule has 0 aromatic heterocycles. The van der Waals surface area contributed by atoms with Crippen LogP contribution in [0.2, 0.25) is 0 Å². The van der Waals surface area contributed by atoms with E-state index in [-0.39, 0.29) is 0 Å². The highest BCUT2D eigenvalue weighted by Gasteiger charge is 2.05. The molecule has 0 aliphatic carbocycles. The molecule has 6 nitrogen and oxygen atoms in total. The van der Waals surface area contributed by atoms with Crippen molar-refractivity contribution in [3.63, 3.8) is 0 Å². The Morgan fingerprint density at radius 1 is 0.326 bits per heavy atom. The Morgan fingerprint density at radius 3 is 0.581 bits per heavy atom.